The van der Waals surface area contributed by atoms with Crippen molar-refractivity contribution in [2.75, 3.05) is 13.6 Å². The van der Waals surface area contributed by atoms with Crippen LogP contribution < -0.4 is 5.32 Å². The van der Waals surface area contributed by atoms with Gasteiger partial charge in [-0.05, 0) is 36.5 Å². The van der Waals surface area contributed by atoms with Crippen LogP contribution in [-0.4, -0.2) is 40.7 Å². The molecule has 0 aliphatic heterocycles. The van der Waals surface area contributed by atoms with Gasteiger partial charge >= 0.3 is 6.03 Å². The Morgan fingerprint density at radius 1 is 1.41 bits per heavy atom. The lowest BCUT2D eigenvalue weighted by atomic mass is 9.97. The van der Waals surface area contributed by atoms with Gasteiger partial charge in [-0.1, -0.05) is 20.3 Å². The number of aliphatic hydroxyl groups is 1. The lowest BCUT2D eigenvalue weighted by molar-refractivity contribution is 0.113. The number of nitrogens with one attached hydrogen (secondary N) is 1. The van der Waals surface area contributed by atoms with E-state index in [1.807, 2.05) is 12.1 Å². The van der Waals surface area contributed by atoms with E-state index in [4.69, 9.17) is 0 Å². The van der Waals surface area contributed by atoms with Crippen LogP contribution in [0, 0.1) is 11.8 Å². The molecule has 0 saturated heterocycles. The summed E-state index contributed by atoms with van der Waals surface area (Å²) in [6, 6.07) is 3.75. The molecular weight excluding hydrogens is 278 g/mol. The fourth-order valence-corrected chi connectivity index (χ4v) is 3.11. The quantitative estimate of drug-likeness (QED) is 0.878. The summed E-state index contributed by atoms with van der Waals surface area (Å²) in [6.07, 6.45) is 6.12. The first-order valence-corrected chi connectivity index (χ1v) is 8.08. The lowest BCUT2D eigenvalue weighted by Gasteiger charge is -2.28. The maximum Gasteiger partial charge on any atom is 0.317 e. The zero-order chi connectivity index (χ0) is 16.1. The largest absolute Gasteiger partial charge is 0.393 e. The predicted molar refractivity (Wildman–Crippen MR) is 86.3 cm³/mol. The van der Waals surface area contributed by atoms with Gasteiger partial charge in [0.1, 0.15) is 0 Å². The summed E-state index contributed by atoms with van der Waals surface area (Å²) in [5, 5.41) is 13.0. The molecule has 0 spiro atoms. The van der Waals surface area contributed by atoms with Crippen LogP contribution in [0.1, 0.15) is 44.7 Å². The number of hydrogen-bond acceptors (Lipinski definition) is 3. The Bertz CT molecular complexity index is 478. The summed E-state index contributed by atoms with van der Waals surface area (Å²) in [6.45, 7) is 4.78. The molecule has 1 aromatic rings. The Hall–Kier alpha value is -1.62. The molecule has 0 aromatic carbocycles. The summed E-state index contributed by atoms with van der Waals surface area (Å²) in [5.74, 6) is 0.492. The van der Waals surface area contributed by atoms with Crippen LogP contribution in [0.25, 0.3) is 0 Å². The van der Waals surface area contributed by atoms with Gasteiger partial charge in [-0.3, -0.25) is 4.98 Å². The van der Waals surface area contributed by atoms with Crippen molar-refractivity contribution in [3.63, 3.8) is 0 Å². The molecule has 22 heavy (non-hydrogen) atoms. The van der Waals surface area contributed by atoms with Crippen LogP contribution in [-0.2, 0) is 0 Å². The van der Waals surface area contributed by atoms with E-state index in [1.165, 1.54) is 0 Å². The van der Waals surface area contributed by atoms with E-state index in [2.05, 4.69) is 24.1 Å². The van der Waals surface area contributed by atoms with E-state index >= 15 is 0 Å². The van der Waals surface area contributed by atoms with E-state index in [1.54, 1.807) is 24.3 Å². The molecule has 1 heterocycles. The number of pyridine rings is 1. The van der Waals surface area contributed by atoms with Gasteiger partial charge in [-0.15, -0.1) is 0 Å². The number of aromatic nitrogens is 1. The highest BCUT2D eigenvalue weighted by molar-refractivity contribution is 5.74. The summed E-state index contributed by atoms with van der Waals surface area (Å²) in [5.41, 5.74) is 1.06. The van der Waals surface area contributed by atoms with E-state index in [9.17, 15) is 9.90 Å². The minimum Gasteiger partial charge on any atom is -0.393 e. The van der Waals surface area contributed by atoms with Gasteiger partial charge in [0.25, 0.3) is 0 Å². The molecule has 2 amide bonds. The first-order valence-electron chi connectivity index (χ1n) is 8.08. The molecule has 5 nitrogen and oxygen atoms in total. The molecule has 122 valence electrons. The maximum atomic E-state index is 12.4. The molecule has 1 aromatic heterocycles. The molecule has 0 radical (unpaired) electrons. The third-order valence-corrected chi connectivity index (χ3v) is 4.48. The Morgan fingerprint density at radius 3 is 2.64 bits per heavy atom. The van der Waals surface area contributed by atoms with Crippen molar-refractivity contribution in [1.29, 1.82) is 0 Å². The predicted octanol–water partition coefficient (Wildman–Crippen LogP) is 2.58. The smallest absolute Gasteiger partial charge is 0.317 e. The molecule has 0 unspecified atom stereocenters. The monoisotopic (exact) mass is 305 g/mol. The van der Waals surface area contributed by atoms with E-state index in [-0.39, 0.29) is 30.0 Å². The summed E-state index contributed by atoms with van der Waals surface area (Å²) >= 11 is 0. The van der Waals surface area contributed by atoms with Crippen LogP contribution in [0.4, 0.5) is 4.79 Å². The van der Waals surface area contributed by atoms with Crippen molar-refractivity contribution in [1.82, 2.24) is 15.2 Å². The van der Waals surface area contributed by atoms with Gasteiger partial charge in [0.15, 0.2) is 0 Å². The van der Waals surface area contributed by atoms with Gasteiger partial charge in [-0.2, -0.15) is 0 Å². The lowest BCUT2D eigenvalue weighted by Crippen LogP contribution is -2.43. The van der Waals surface area contributed by atoms with Crippen molar-refractivity contribution in [2.24, 2.45) is 11.8 Å². The fourth-order valence-electron chi connectivity index (χ4n) is 3.11. The average Bonchev–Trinajstić information content (AvgIpc) is 2.90. The Morgan fingerprint density at radius 2 is 2.09 bits per heavy atom. The molecule has 1 aliphatic carbocycles. The van der Waals surface area contributed by atoms with Crippen molar-refractivity contribution >= 4 is 6.03 Å². The molecule has 5 heteroatoms. The first kappa shape index (κ1) is 16.7. The molecule has 3 atom stereocenters. The maximum absolute atomic E-state index is 12.4. The SMILES string of the molecule is CC(C)[C@H](NC(=O)N(C)C[C@H]1CCC[C@@H]1O)c1ccncc1. The van der Waals surface area contributed by atoms with Gasteiger partial charge < -0.3 is 15.3 Å². The Kier molecular flexibility index (Phi) is 5.77. The van der Waals surface area contributed by atoms with E-state index in [0.29, 0.717) is 6.54 Å². The van der Waals surface area contributed by atoms with Crippen molar-refractivity contribution in [3.8, 4) is 0 Å². The number of rotatable bonds is 5. The van der Waals surface area contributed by atoms with Crippen molar-refractivity contribution in [3.05, 3.63) is 30.1 Å². The summed E-state index contributed by atoms with van der Waals surface area (Å²) < 4.78 is 0. The highest BCUT2D eigenvalue weighted by Gasteiger charge is 2.28. The van der Waals surface area contributed by atoms with Gasteiger partial charge in [0.2, 0.25) is 0 Å². The van der Waals surface area contributed by atoms with Gasteiger partial charge in [0, 0.05) is 31.9 Å². The third-order valence-electron chi connectivity index (χ3n) is 4.48. The fraction of sp³-hybridized carbons (Fsp3) is 0.647. The van der Waals surface area contributed by atoms with Crippen molar-refractivity contribution in [2.45, 2.75) is 45.3 Å². The highest BCUT2D eigenvalue weighted by atomic mass is 16.3. The Balaban J connectivity index is 1.96. The number of carbonyl (C=O) groups is 1. The topological polar surface area (TPSA) is 65.5 Å². The summed E-state index contributed by atoms with van der Waals surface area (Å²) in [7, 11) is 1.80. The van der Waals surface area contributed by atoms with Crippen molar-refractivity contribution < 1.29 is 9.90 Å². The second kappa shape index (κ2) is 7.58. The third kappa shape index (κ3) is 4.19. The highest BCUT2D eigenvalue weighted by Crippen LogP contribution is 2.26. The number of aliphatic hydroxyl groups excluding tert-OH is 1. The normalized spacial score (nSPS) is 22.6. The molecule has 2 N–H and O–H groups in total. The first-order chi connectivity index (χ1) is 10.5. The second-order valence-corrected chi connectivity index (χ2v) is 6.59. The standard InChI is InChI=1S/C17H27N3O2/c1-12(2)16(13-7-9-18-10-8-13)19-17(22)20(3)11-14-5-4-6-15(14)21/h7-10,12,14-16,21H,4-6,11H2,1-3H3,(H,19,22)/t14-,15+,16+/m1/s1. The van der Waals surface area contributed by atoms with Crippen LogP contribution in [0.2, 0.25) is 0 Å². The number of amides is 2. The number of nitrogens with zero attached hydrogens (tertiary/aromatic N) is 2. The number of urea groups is 1. The van der Waals surface area contributed by atoms with E-state index < -0.39 is 0 Å². The average molecular weight is 305 g/mol. The number of hydrogen-bond donors (Lipinski definition) is 2. The number of carbonyl (C=O) groups excluding carboxylic acids is 1. The van der Waals surface area contributed by atoms with E-state index in [0.717, 1.165) is 24.8 Å². The van der Waals surface area contributed by atoms with Crippen LogP contribution in [0.3, 0.4) is 0 Å². The van der Waals surface area contributed by atoms with Crippen LogP contribution >= 0.6 is 0 Å². The minimum atomic E-state index is -0.267. The van der Waals surface area contributed by atoms with Gasteiger partial charge in [-0.25, -0.2) is 4.79 Å². The zero-order valence-corrected chi connectivity index (χ0v) is 13.7. The second-order valence-electron chi connectivity index (χ2n) is 6.59. The van der Waals surface area contributed by atoms with Crippen LogP contribution in [0.15, 0.2) is 24.5 Å². The zero-order valence-electron chi connectivity index (χ0n) is 13.7. The molecule has 0 bridgehead atoms. The van der Waals surface area contributed by atoms with Gasteiger partial charge in [0.05, 0.1) is 12.1 Å². The molecular formula is C17H27N3O2. The molecule has 2 rings (SSSR count). The Labute approximate surface area is 132 Å². The van der Waals surface area contributed by atoms with Crippen LogP contribution in [0.5, 0.6) is 0 Å². The molecule has 1 aliphatic rings. The summed E-state index contributed by atoms with van der Waals surface area (Å²) in [4.78, 5) is 18.2. The molecule has 1 saturated carbocycles. The molecule has 1 fully saturated rings. The minimum absolute atomic E-state index is 0.0357.